The maximum absolute atomic E-state index is 11.8. The molecule has 5 heteroatoms. The molecule has 1 aromatic carbocycles. The van der Waals surface area contributed by atoms with Gasteiger partial charge in [-0.2, -0.15) is 0 Å². The van der Waals surface area contributed by atoms with Crippen LogP contribution in [0.5, 0.6) is 0 Å². The highest BCUT2D eigenvalue weighted by molar-refractivity contribution is 6.30. The summed E-state index contributed by atoms with van der Waals surface area (Å²) in [5.41, 5.74) is 0.956. The lowest BCUT2D eigenvalue weighted by Crippen LogP contribution is -2.36. The Labute approximate surface area is 124 Å². The van der Waals surface area contributed by atoms with Gasteiger partial charge in [0.15, 0.2) is 0 Å². The Bertz CT molecular complexity index is 447. The number of nitrogens with one attached hydrogen (secondary N) is 2. The molecule has 1 heterocycles. The fourth-order valence-electron chi connectivity index (χ4n) is 2.56. The number of ether oxygens (including phenoxy) is 1. The molecule has 2 rings (SSSR count). The molecule has 1 fully saturated rings. The van der Waals surface area contributed by atoms with Crippen LogP contribution in [0.3, 0.4) is 0 Å². The molecule has 0 radical (unpaired) electrons. The van der Waals surface area contributed by atoms with Gasteiger partial charge in [0.1, 0.15) is 6.10 Å². The van der Waals surface area contributed by atoms with Gasteiger partial charge in [-0.1, -0.05) is 23.7 Å². The van der Waals surface area contributed by atoms with Crippen molar-refractivity contribution < 1.29 is 9.53 Å². The van der Waals surface area contributed by atoms with Crippen molar-refractivity contribution in [2.75, 3.05) is 19.6 Å². The second-order valence-corrected chi connectivity index (χ2v) is 5.45. The highest BCUT2D eigenvalue weighted by Gasteiger charge is 2.28. The predicted octanol–water partition coefficient (Wildman–Crippen LogP) is 3.13. The van der Waals surface area contributed by atoms with E-state index in [1.165, 1.54) is 0 Å². The number of halogens is 1. The van der Waals surface area contributed by atoms with Gasteiger partial charge in [-0.05, 0) is 44.0 Å². The molecule has 1 aliphatic rings. The number of carbonyl (C=O) groups is 1. The molecule has 110 valence electrons. The van der Waals surface area contributed by atoms with Crippen molar-refractivity contribution in [2.24, 2.45) is 5.92 Å². The molecule has 0 bridgehead atoms. The summed E-state index contributed by atoms with van der Waals surface area (Å²) in [7, 11) is 0. The average molecular weight is 297 g/mol. The molecule has 0 unspecified atom stereocenters. The number of amides is 1. The lowest BCUT2D eigenvalue weighted by Gasteiger charge is -2.30. The smallest absolute Gasteiger partial charge is 0.407 e. The minimum Gasteiger partial charge on any atom is -0.441 e. The number of hydrogen-bond acceptors (Lipinski definition) is 3. The lowest BCUT2D eigenvalue weighted by atomic mass is 9.89. The van der Waals surface area contributed by atoms with Gasteiger partial charge < -0.3 is 15.4 Å². The van der Waals surface area contributed by atoms with Gasteiger partial charge in [-0.25, -0.2) is 4.79 Å². The lowest BCUT2D eigenvalue weighted by molar-refractivity contribution is 0.0522. The van der Waals surface area contributed by atoms with E-state index >= 15 is 0 Å². The Hall–Kier alpha value is -1.26. The van der Waals surface area contributed by atoms with Gasteiger partial charge in [0.05, 0.1) is 0 Å². The van der Waals surface area contributed by atoms with Gasteiger partial charge in [0.2, 0.25) is 0 Å². The quantitative estimate of drug-likeness (QED) is 0.897. The van der Waals surface area contributed by atoms with Crippen LogP contribution >= 0.6 is 11.6 Å². The molecule has 1 amide bonds. The van der Waals surface area contributed by atoms with E-state index < -0.39 is 0 Å². The van der Waals surface area contributed by atoms with Crippen LogP contribution in [-0.4, -0.2) is 25.7 Å². The van der Waals surface area contributed by atoms with Crippen molar-refractivity contribution in [3.8, 4) is 0 Å². The zero-order chi connectivity index (χ0) is 14.4. The molecule has 0 aliphatic carbocycles. The topological polar surface area (TPSA) is 50.4 Å². The summed E-state index contributed by atoms with van der Waals surface area (Å²) in [5.74, 6) is 0.282. The van der Waals surface area contributed by atoms with Crippen LogP contribution in [0.1, 0.15) is 31.4 Å². The van der Waals surface area contributed by atoms with Crippen molar-refractivity contribution in [3.63, 3.8) is 0 Å². The third-order valence-corrected chi connectivity index (χ3v) is 3.73. The maximum atomic E-state index is 11.8. The van der Waals surface area contributed by atoms with Gasteiger partial charge in [-0.15, -0.1) is 0 Å². The Kier molecular flexibility index (Phi) is 5.68. The van der Waals surface area contributed by atoms with Gasteiger partial charge >= 0.3 is 6.09 Å². The Morgan fingerprint density at radius 3 is 3.10 bits per heavy atom. The normalized spacial score (nSPS) is 20.2. The third kappa shape index (κ3) is 4.12. The molecule has 0 spiro atoms. The Morgan fingerprint density at radius 1 is 1.60 bits per heavy atom. The third-order valence-electron chi connectivity index (χ3n) is 3.50. The Morgan fingerprint density at radius 2 is 2.45 bits per heavy atom. The number of rotatable bonds is 4. The van der Waals surface area contributed by atoms with Crippen LogP contribution in [0.25, 0.3) is 0 Å². The van der Waals surface area contributed by atoms with Crippen LogP contribution < -0.4 is 10.6 Å². The summed E-state index contributed by atoms with van der Waals surface area (Å²) in [6, 6.07) is 7.56. The fourth-order valence-corrected chi connectivity index (χ4v) is 2.76. The van der Waals surface area contributed by atoms with E-state index in [9.17, 15) is 4.79 Å². The number of benzene rings is 1. The SMILES string of the molecule is CCNC(=O)O[C@@H](c1cccc(Cl)c1)[C@@H]1CCCNC1. The number of carbonyl (C=O) groups excluding carboxylic acids is 1. The summed E-state index contributed by atoms with van der Waals surface area (Å²) in [6.45, 7) is 4.32. The monoisotopic (exact) mass is 296 g/mol. The summed E-state index contributed by atoms with van der Waals surface area (Å²) >= 11 is 6.05. The van der Waals surface area contributed by atoms with Crippen molar-refractivity contribution >= 4 is 17.7 Å². The highest BCUT2D eigenvalue weighted by atomic mass is 35.5. The van der Waals surface area contributed by atoms with Gasteiger partial charge in [0.25, 0.3) is 0 Å². The second kappa shape index (κ2) is 7.50. The first-order chi connectivity index (χ1) is 9.70. The van der Waals surface area contributed by atoms with E-state index in [0.717, 1.165) is 31.5 Å². The van der Waals surface area contributed by atoms with Gasteiger partial charge in [0, 0.05) is 24.0 Å². The van der Waals surface area contributed by atoms with Crippen molar-refractivity contribution in [3.05, 3.63) is 34.9 Å². The summed E-state index contributed by atoms with van der Waals surface area (Å²) < 4.78 is 5.62. The molecule has 2 N–H and O–H groups in total. The van der Waals surface area contributed by atoms with Crippen LogP contribution in [0, 0.1) is 5.92 Å². The predicted molar refractivity (Wildman–Crippen MR) is 79.9 cm³/mol. The molecule has 0 aromatic heterocycles. The van der Waals surface area contributed by atoms with Crippen molar-refractivity contribution in [2.45, 2.75) is 25.9 Å². The summed E-state index contributed by atoms with van der Waals surface area (Å²) in [6.07, 6.45) is 1.51. The molecule has 2 atom stereocenters. The zero-order valence-corrected chi connectivity index (χ0v) is 12.5. The molecule has 1 aromatic rings. The van der Waals surface area contributed by atoms with E-state index in [0.29, 0.717) is 11.6 Å². The van der Waals surface area contributed by atoms with Crippen LogP contribution in [0.15, 0.2) is 24.3 Å². The zero-order valence-electron chi connectivity index (χ0n) is 11.7. The van der Waals surface area contributed by atoms with E-state index in [-0.39, 0.29) is 18.1 Å². The minimum atomic E-state index is -0.372. The first-order valence-corrected chi connectivity index (χ1v) is 7.49. The largest absolute Gasteiger partial charge is 0.441 e. The highest BCUT2D eigenvalue weighted by Crippen LogP contribution is 2.32. The molecule has 1 saturated heterocycles. The van der Waals surface area contributed by atoms with Crippen LogP contribution in [0.2, 0.25) is 5.02 Å². The number of hydrogen-bond donors (Lipinski definition) is 2. The minimum absolute atomic E-state index is 0.256. The molecule has 1 aliphatic heterocycles. The average Bonchev–Trinajstić information content (AvgIpc) is 2.46. The van der Waals surface area contributed by atoms with Crippen LogP contribution in [-0.2, 0) is 4.74 Å². The van der Waals surface area contributed by atoms with E-state index in [4.69, 9.17) is 16.3 Å². The van der Waals surface area contributed by atoms with E-state index in [1.54, 1.807) is 0 Å². The molecular formula is C15H21ClN2O2. The van der Waals surface area contributed by atoms with Crippen molar-refractivity contribution in [1.29, 1.82) is 0 Å². The number of piperidine rings is 1. The molecular weight excluding hydrogens is 276 g/mol. The van der Waals surface area contributed by atoms with E-state index in [2.05, 4.69) is 10.6 Å². The van der Waals surface area contributed by atoms with E-state index in [1.807, 2.05) is 31.2 Å². The first-order valence-electron chi connectivity index (χ1n) is 7.11. The fraction of sp³-hybridized carbons (Fsp3) is 0.533. The van der Waals surface area contributed by atoms with Crippen molar-refractivity contribution in [1.82, 2.24) is 10.6 Å². The van der Waals surface area contributed by atoms with Gasteiger partial charge in [-0.3, -0.25) is 0 Å². The number of alkyl carbamates (subject to hydrolysis) is 1. The molecule has 4 nitrogen and oxygen atoms in total. The standard InChI is InChI=1S/C15H21ClN2O2/c1-2-18-15(19)20-14(12-6-4-8-17-10-12)11-5-3-7-13(16)9-11/h3,5,7,9,12,14,17H,2,4,6,8,10H2,1H3,(H,18,19)/t12-,14+/m1/s1. The maximum Gasteiger partial charge on any atom is 0.407 e. The Balaban J connectivity index is 2.16. The summed E-state index contributed by atoms with van der Waals surface area (Å²) in [5, 5.41) is 6.71. The second-order valence-electron chi connectivity index (χ2n) is 5.02. The molecule has 20 heavy (non-hydrogen) atoms. The molecule has 0 saturated carbocycles. The van der Waals surface area contributed by atoms with Crippen LogP contribution in [0.4, 0.5) is 4.79 Å². The first kappa shape index (κ1) is 15.1. The summed E-state index contributed by atoms with van der Waals surface area (Å²) in [4.78, 5) is 11.8.